The highest BCUT2D eigenvalue weighted by molar-refractivity contribution is 5.88. The Hall–Kier alpha value is -1.25. The lowest BCUT2D eigenvalue weighted by Gasteiger charge is -1.99. The molecule has 0 radical (unpaired) electrons. The Morgan fingerprint density at radius 3 is 2.85 bits per heavy atom. The first-order chi connectivity index (χ1) is 6.11. The molecule has 0 aliphatic heterocycles. The summed E-state index contributed by atoms with van der Waals surface area (Å²) in [5.74, 6) is -0.360. The standard InChI is InChI=1S/C10H13NO2/c1-5-3-4-7-6(2)9(10(12)13)11-8(5)7/h5,11H,3-4H2,1-2H3,(H,12,13). The number of aromatic amines is 1. The van der Waals surface area contributed by atoms with E-state index in [1.807, 2.05) is 6.92 Å². The molecule has 0 amide bonds. The first-order valence-corrected chi connectivity index (χ1v) is 4.56. The fourth-order valence-corrected chi connectivity index (χ4v) is 2.12. The molecule has 1 atom stereocenters. The van der Waals surface area contributed by atoms with Crippen LogP contribution in [-0.4, -0.2) is 16.1 Å². The van der Waals surface area contributed by atoms with Crippen LogP contribution in [-0.2, 0) is 6.42 Å². The summed E-state index contributed by atoms with van der Waals surface area (Å²) in [6.45, 7) is 4.02. The number of H-pyrrole nitrogens is 1. The zero-order chi connectivity index (χ0) is 9.59. The summed E-state index contributed by atoms with van der Waals surface area (Å²) in [6.07, 6.45) is 2.16. The van der Waals surface area contributed by atoms with Gasteiger partial charge in [0.2, 0.25) is 0 Å². The van der Waals surface area contributed by atoms with Crippen LogP contribution in [0.4, 0.5) is 0 Å². The molecule has 0 fully saturated rings. The van der Waals surface area contributed by atoms with E-state index in [0.717, 1.165) is 24.1 Å². The maximum atomic E-state index is 10.8. The van der Waals surface area contributed by atoms with Crippen LogP contribution < -0.4 is 0 Å². The van der Waals surface area contributed by atoms with Crippen molar-refractivity contribution in [2.24, 2.45) is 0 Å². The van der Waals surface area contributed by atoms with Crippen LogP contribution >= 0.6 is 0 Å². The maximum absolute atomic E-state index is 10.8. The molecule has 1 aromatic rings. The largest absolute Gasteiger partial charge is 0.477 e. The summed E-state index contributed by atoms with van der Waals surface area (Å²) in [5, 5.41) is 8.88. The van der Waals surface area contributed by atoms with Crippen molar-refractivity contribution in [3.05, 3.63) is 22.5 Å². The molecule has 1 aliphatic rings. The molecule has 3 heteroatoms. The average Bonchev–Trinajstić information content (AvgIpc) is 2.55. The van der Waals surface area contributed by atoms with Crippen LogP contribution in [0.15, 0.2) is 0 Å². The minimum Gasteiger partial charge on any atom is -0.477 e. The second-order valence-electron chi connectivity index (χ2n) is 3.76. The summed E-state index contributed by atoms with van der Waals surface area (Å²) < 4.78 is 0. The third kappa shape index (κ3) is 1.07. The Morgan fingerprint density at radius 2 is 2.31 bits per heavy atom. The van der Waals surface area contributed by atoms with Crippen LogP contribution in [0.2, 0.25) is 0 Å². The molecule has 2 rings (SSSR count). The molecule has 1 aromatic heterocycles. The van der Waals surface area contributed by atoms with E-state index in [1.165, 1.54) is 5.56 Å². The Balaban J connectivity index is 2.55. The third-order valence-corrected chi connectivity index (χ3v) is 2.95. The number of fused-ring (bicyclic) bond motifs is 1. The summed E-state index contributed by atoms with van der Waals surface area (Å²) >= 11 is 0. The highest BCUT2D eigenvalue weighted by atomic mass is 16.4. The van der Waals surface area contributed by atoms with Crippen molar-refractivity contribution in [1.82, 2.24) is 4.98 Å². The molecule has 70 valence electrons. The second-order valence-corrected chi connectivity index (χ2v) is 3.76. The lowest BCUT2D eigenvalue weighted by atomic mass is 10.1. The monoisotopic (exact) mass is 179 g/mol. The summed E-state index contributed by atoms with van der Waals surface area (Å²) in [7, 11) is 0. The molecule has 1 aliphatic carbocycles. The van der Waals surface area contributed by atoms with Gasteiger partial charge in [-0.25, -0.2) is 4.79 Å². The van der Waals surface area contributed by atoms with Crippen LogP contribution in [0.25, 0.3) is 0 Å². The van der Waals surface area contributed by atoms with Gasteiger partial charge in [-0.1, -0.05) is 6.92 Å². The van der Waals surface area contributed by atoms with Crippen molar-refractivity contribution in [3.8, 4) is 0 Å². The van der Waals surface area contributed by atoms with Crippen molar-refractivity contribution in [2.75, 3.05) is 0 Å². The van der Waals surface area contributed by atoms with Gasteiger partial charge < -0.3 is 10.1 Å². The summed E-state index contributed by atoms with van der Waals surface area (Å²) in [4.78, 5) is 13.8. The van der Waals surface area contributed by atoms with Crippen LogP contribution in [0, 0.1) is 6.92 Å². The van der Waals surface area contributed by atoms with Crippen molar-refractivity contribution >= 4 is 5.97 Å². The molecule has 1 unspecified atom stereocenters. The Labute approximate surface area is 76.8 Å². The van der Waals surface area contributed by atoms with Gasteiger partial charge in [0.25, 0.3) is 0 Å². The lowest BCUT2D eigenvalue weighted by Crippen LogP contribution is -2.00. The van der Waals surface area contributed by atoms with Crippen LogP contribution in [0.5, 0.6) is 0 Å². The highest BCUT2D eigenvalue weighted by Gasteiger charge is 2.26. The van der Waals surface area contributed by atoms with E-state index in [4.69, 9.17) is 5.11 Å². The Morgan fingerprint density at radius 1 is 1.62 bits per heavy atom. The fourth-order valence-electron chi connectivity index (χ4n) is 2.12. The number of rotatable bonds is 1. The molecule has 3 nitrogen and oxygen atoms in total. The molecule has 2 N–H and O–H groups in total. The predicted molar refractivity (Wildman–Crippen MR) is 49.2 cm³/mol. The molecule has 0 aromatic carbocycles. The molecule has 1 heterocycles. The topological polar surface area (TPSA) is 53.1 Å². The number of aromatic carboxylic acids is 1. The minimum atomic E-state index is -0.848. The quantitative estimate of drug-likeness (QED) is 0.693. The number of hydrogen-bond acceptors (Lipinski definition) is 1. The molecule has 0 bridgehead atoms. The number of aromatic nitrogens is 1. The Bertz CT molecular complexity index is 365. The molecular weight excluding hydrogens is 166 g/mol. The van der Waals surface area contributed by atoms with Gasteiger partial charge in [0, 0.05) is 5.69 Å². The van der Waals surface area contributed by atoms with E-state index in [1.54, 1.807) is 0 Å². The zero-order valence-corrected chi connectivity index (χ0v) is 7.85. The summed E-state index contributed by atoms with van der Waals surface area (Å²) in [5.41, 5.74) is 3.66. The fraction of sp³-hybridized carbons (Fsp3) is 0.500. The van der Waals surface area contributed by atoms with Gasteiger partial charge in [-0.2, -0.15) is 0 Å². The first kappa shape index (κ1) is 8.35. The van der Waals surface area contributed by atoms with E-state index in [-0.39, 0.29) is 0 Å². The van der Waals surface area contributed by atoms with Gasteiger partial charge in [0.05, 0.1) is 0 Å². The van der Waals surface area contributed by atoms with Gasteiger partial charge in [0.15, 0.2) is 0 Å². The van der Waals surface area contributed by atoms with Gasteiger partial charge in [0.1, 0.15) is 5.69 Å². The smallest absolute Gasteiger partial charge is 0.352 e. The molecular formula is C10H13NO2. The van der Waals surface area contributed by atoms with Gasteiger partial charge in [-0.15, -0.1) is 0 Å². The molecule has 13 heavy (non-hydrogen) atoms. The maximum Gasteiger partial charge on any atom is 0.352 e. The van der Waals surface area contributed by atoms with Crippen molar-refractivity contribution in [2.45, 2.75) is 32.6 Å². The Kier molecular flexibility index (Phi) is 1.68. The van der Waals surface area contributed by atoms with E-state index in [9.17, 15) is 4.79 Å². The van der Waals surface area contributed by atoms with Gasteiger partial charge in [-0.3, -0.25) is 0 Å². The van der Waals surface area contributed by atoms with Crippen molar-refractivity contribution < 1.29 is 9.90 Å². The zero-order valence-electron chi connectivity index (χ0n) is 7.85. The summed E-state index contributed by atoms with van der Waals surface area (Å²) in [6, 6.07) is 0. The van der Waals surface area contributed by atoms with Crippen LogP contribution in [0.3, 0.4) is 0 Å². The molecule has 0 saturated carbocycles. The van der Waals surface area contributed by atoms with Crippen molar-refractivity contribution in [1.29, 1.82) is 0 Å². The lowest BCUT2D eigenvalue weighted by molar-refractivity contribution is 0.0690. The van der Waals surface area contributed by atoms with Crippen LogP contribution in [0.1, 0.15) is 46.6 Å². The SMILES string of the molecule is Cc1c(C(=O)O)[nH]c2c1CCC2C. The minimum absolute atomic E-state index is 0.372. The first-order valence-electron chi connectivity index (χ1n) is 4.56. The van der Waals surface area contributed by atoms with Gasteiger partial charge >= 0.3 is 5.97 Å². The molecule has 0 saturated heterocycles. The molecule has 0 spiro atoms. The van der Waals surface area contributed by atoms with Gasteiger partial charge in [-0.05, 0) is 36.8 Å². The number of carboxylic acids is 1. The number of nitrogens with one attached hydrogen (secondary N) is 1. The van der Waals surface area contributed by atoms with E-state index in [2.05, 4.69) is 11.9 Å². The highest BCUT2D eigenvalue weighted by Crippen LogP contribution is 2.35. The number of carbonyl (C=O) groups is 1. The number of hydrogen-bond donors (Lipinski definition) is 2. The van der Waals surface area contributed by atoms with Crippen molar-refractivity contribution in [3.63, 3.8) is 0 Å². The average molecular weight is 179 g/mol. The number of carboxylic acid groups (broad SMARTS) is 1. The predicted octanol–water partition coefficient (Wildman–Crippen LogP) is 2.07. The van der Waals surface area contributed by atoms with E-state index >= 15 is 0 Å². The third-order valence-electron chi connectivity index (χ3n) is 2.95. The van der Waals surface area contributed by atoms with E-state index < -0.39 is 5.97 Å². The normalized spacial score (nSPS) is 20.3. The second kappa shape index (κ2) is 2.62. The van der Waals surface area contributed by atoms with E-state index in [0.29, 0.717) is 11.6 Å².